The van der Waals surface area contributed by atoms with Crippen molar-refractivity contribution in [3.8, 4) is 22.5 Å². The monoisotopic (exact) mass is 768 g/mol. The van der Waals surface area contributed by atoms with E-state index in [-0.39, 0.29) is 0 Å². The van der Waals surface area contributed by atoms with E-state index in [4.69, 9.17) is 9.97 Å². The third-order valence-electron chi connectivity index (χ3n) is 10.8. The maximum atomic E-state index is 5.17. The molecule has 0 saturated carbocycles. The van der Waals surface area contributed by atoms with Gasteiger partial charge >= 0.3 is 0 Å². The van der Waals surface area contributed by atoms with Gasteiger partial charge in [-0.3, -0.25) is 9.80 Å². The van der Waals surface area contributed by atoms with Crippen LogP contribution in [0.2, 0.25) is 0 Å². The molecule has 0 aliphatic carbocycles. The van der Waals surface area contributed by atoms with Gasteiger partial charge in [-0.25, -0.2) is 9.97 Å². The molecule has 0 bridgehead atoms. The third-order valence-corrected chi connectivity index (χ3v) is 10.8. The molecule has 0 unspecified atom stereocenters. The van der Waals surface area contributed by atoms with Crippen molar-refractivity contribution < 1.29 is 0 Å². The van der Waals surface area contributed by atoms with E-state index in [2.05, 4.69) is 228 Å². The van der Waals surface area contributed by atoms with Gasteiger partial charge in [0.05, 0.1) is 11.4 Å². The summed E-state index contributed by atoms with van der Waals surface area (Å²) in [4.78, 5) is 14.7. The number of hydrogen-bond donors (Lipinski definition) is 0. The zero-order valence-corrected chi connectivity index (χ0v) is 32.9. The summed E-state index contributed by atoms with van der Waals surface area (Å²) in [5.74, 6) is 1.74. The van der Waals surface area contributed by atoms with Crippen LogP contribution in [-0.4, -0.2) is 9.97 Å². The molecule has 0 amide bonds. The Hall–Kier alpha value is -8.08. The first-order chi connectivity index (χ1) is 29.7. The lowest BCUT2D eigenvalue weighted by molar-refractivity contribution is 1.18. The molecule has 0 aliphatic heterocycles. The molecular weight excluding hydrogens is 729 g/mol. The first-order valence-electron chi connectivity index (χ1n) is 20.2. The minimum absolute atomic E-state index is 0.872. The second-order valence-electron chi connectivity index (χ2n) is 14.8. The quantitative estimate of drug-likeness (QED) is 0.130. The van der Waals surface area contributed by atoms with E-state index in [1.165, 1.54) is 21.5 Å². The lowest BCUT2D eigenvalue weighted by Gasteiger charge is -2.24. The van der Waals surface area contributed by atoms with Crippen molar-refractivity contribution in [3.63, 3.8) is 0 Å². The summed E-state index contributed by atoms with van der Waals surface area (Å²) in [6.45, 7) is 0. The van der Waals surface area contributed by atoms with Gasteiger partial charge in [0.25, 0.3) is 0 Å². The SMILES string of the molecule is C(=Cc1ccc2cc(-c3cccc(N(c4ccccc4)c4ccccc4)n3)ccc2c1)c1ccc2cc(-c3cccc(N(c4ccccc4)c4ccccc4)n3)ccc2c1. The number of nitrogens with zero attached hydrogens (tertiary/aromatic N) is 4. The Bertz CT molecular complexity index is 2800. The van der Waals surface area contributed by atoms with Gasteiger partial charge in [0.1, 0.15) is 11.6 Å². The Labute approximate surface area is 350 Å². The summed E-state index contributed by atoms with van der Waals surface area (Å²) >= 11 is 0. The topological polar surface area (TPSA) is 32.3 Å². The lowest BCUT2D eigenvalue weighted by atomic mass is 10.0. The van der Waals surface area contributed by atoms with Gasteiger partial charge in [0, 0.05) is 33.9 Å². The van der Waals surface area contributed by atoms with Gasteiger partial charge in [-0.2, -0.15) is 0 Å². The van der Waals surface area contributed by atoms with Crippen LogP contribution in [-0.2, 0) is 0 Å². The second-order valence-corrected chi connectivity index (χ2v) is 14.8. The summed E-state index contributed by atoms with van der Waals surface area (Å²) in [5, 5.41) is 4.72. The van der Waals surface area contributed by atoms with Crippen LogP contribution in [0.15, 0.2) is 231 Å². The van der Waals surface area contributed by atoms with E-state index in [0.717, 1.165) is 68.0 Å². The zero-order chi connectivity index (χ0) is 40.1. The van der Waals surface area contributed by atoms with Crippen molar-refractivity contribution in [2.75, 3.05) is 9.80 Å². The van der Waals surface area contributed by atoms with Gasteiger partial charge in [-0.15, -0.1) is 0 Å². The van der Waals surface area contributed by atoms with E-state index < -0.39 is 0 Å². The first-order valence-corrected chi connectivity index (χ1v) is 20.2. The summed E-state index contributed by atoms with van der Waals surface area (Å²) in [6.07, 6.45) is 4.38. The normalized spacial score (nSPS) is 11.3. The Morgan fingerprint density at radius 1 is 0.283 bits per heavy atom. The van der Waals surface area contributed by atoms with Crippen molar-refractivity contribution in [3.05, 3.63) is 242 Å². The smallest absolute Gasteiger partial charge is 0.138 e. The van der Waals surface area contributed by atoms with E-state index >= 15 is 0 Å². The van der Waals surface area contributed by atoms with Gasteiger partial charge < -0.3 is 0 Å². The Morgan fingerprint density at radius 3 is 0.983 bits per heavy atom. The predicted molar refractivity (Wildman–Crippen MR) is 253 cm³/mol. The van der Waals surface area contributed by atoms with Gasteiger partial charge in [0.2, 0.25) is 0 Å². The molecule has 2 heterocycles. The Morgan fingerprint density at radius 2 is 0.617 bits per heavy atom. The largest absolute Gasteiger partial charge is 0.295 e. The number of para-hydroxylation sites is 4. The van der Waals surface area contributed by atoms with Crippen molar-refractivity contribution in [2.24, 2.45) is 0 Å². The van der Waals surface area contributed by atoms with Crippen LogP contribution in [0.5, 0.6) is 0 Å². The summed E-state index contributed by atoms with van der Waals surface area (Å²) in [5.41, 5.74) is 10.6. The van der Waals surface area contributed by atoms with Crippen molar-refractivity contribution in [1.29, 1.82) is 0 Å². The predicted octanol–water partition coefficient (Wildman–Crippen LogP) is 15.2. The highest BCUT2D eigenvalue weighted by molar-refractivity contribution is 5.92. The number of benzene rings is 8. The maximum absolute atomic E-state index is 5.17. The van der Waals surface area contributed by atoms with E-state index in [1.54, 1.807) is 0 Å². The molecule has 284 valence electrons. The molecule has 0 N–H and O–H groups in total. The first kappa shape index (κ1) is 36.3. The average Bonchev–Trinajstić information content (AvgIpc) is 3.32. The van der Waals surface area contributed by atoms with Crippen molar-refractivity contribution in [1.82, 2.24) is 9.97 Å². The minimum Gasteiger partial charge on any atom is -0.295 e. The molecule has 0 atom stereocenters. The molecule has 0 saturated heterocycles. The number of aromatic nitrogens is 2. The molecule has 0 radical (unpaired) electrons. The van der Waals surface area contributed by atoms with Gasteiger partial charge in [0.15, 0.2) is 0 Å². The highest BCUT2D eigenvalue weighted by Gasteiger charge is 2.16. The molecule has 0 fully saturated rings. The third kappa shape index (κ3) is 7.66. The van der Waals surface area contributed by atoms with Gasteiger partial charge in [-0.1, -0.05) is 146 Å². The number of anilines is 6. The minimum atomic E-state index is 0.872. The van der Waals surface area contributed by atoms with E-state index in [1.807, 2.05) is 24.3 Å². The number of pyridine rings is 2. The molecule has 0 spiro atoms. The molecule has 10 rings (SSSR count). The maximum Gasteiger partial charge on any atom is 0.138 e. The number of fused-ring (bicyclic) bond motifs is 2. The fraction of sp³-hybridized carbons (Fsp3) is 0. The molecular formula is C56H40N4. The Balaban J connectivity index is 0.875. The van der Waals surface area contributed by atoms with Crippen molar-refractivity contribution in [2.45, 2.75) is 0 Å². The van der Waals surface area contributed by atoms with Crippen LogP contribution in [0, 0.1) is 0 Å². The number of hydrogen-bond acceptors (Lipinski definition) is 4. The fourth-order valence-corrected chi connectivity index (χ4v) is 7.80. The molecule has 0 aliphatic rings. The molecule has 8 aromatic carbocycles. The molecule has 4 heteroatoms. The highest BCUT2D eigenvalue weighted by atomic mass is 15.2. The molecule has 10 aromatic rings. The zero-order valence-electron chi connectivity index (χ0n) is 32.9. The van der Waals surface area contributed by atoms with Crippen molar-refractivity contribution >= 4 is 68.1 Å². The summed E-state index contributed by atoms with van der Waals surface area (Å²) < 4.78 is 0. The van der Waals surface area contributed by atoms with Gasteiger partial charge in [-0.05, 0) is 130 Å². The van der Waals surface area contributed by atoms with Crippen LogP contribution >= 0.6 is 0 Å². The summed E-state index contributed by atoms with van der Waals surface area (Å²) in [7, 11) is 0. The second kappa shape index (κ2) is 16.4. The average molecular weight is 769 g/mol. The highest BCUT2D eigenvalue weighted by Crippen LogP contribution is 2.36. The molecule has 2 aromatic heterocycles. The van der Waals surface area contributed by atoms with Crippen LogP contribution < -0.4 is 9.80 Å². The fourth-order valence-electron chi connectivity index (χ4n) is 7.80. The van der Waals surface area contributed by atoms with Crippen LogP contribution in [0.25, 0.3) is 56.2 Å². The molecule has 60 heavy (non-hydrogen) atoms. The number of rotatable bonds is 10. The van der Waals surface area contributed by atoms with Crippen LogP contribution in [0.1, 0.15) is 11.1 Å². The van der Waals surface area contributed by atoms with E-state index in [0.29, 0.717) is 0 Å². The Kier molecular flexibility index (Phi) is 9.92. The standard InChI is InChI=1S/C56H40N4/c1-5-15-49(16-6-1)59(50-17-7-2-8-18-50)55-25-13-23-53(57-55)47-35-33-43-37-41(29-31-45(43)39-47)27-28-42-30-32-46-40-48(36-34-44(46)38-42)54-24-14-26-56(58-54)60(51-19-9-3-10-20-51)52-21-11-4-12-22-52/h1-40H. The molecule has 4 nitrogen and oxygen atoms in total. The summed E-state index contributed by atoms with van der Waals surface area (Å²) in [6, 6.07) is 80.5. The van der Waals surface area contributed by atoms with Crippen LogP contribution in [0.3, 0.4) is 0 Å². The van der Waals surface area contributed by atoms with E-state index in [9.17, 15) is 0 Å². The lowest BCUT2D eigenvalue weighted by Crippen LogP contribution is -2.11. The van der Waals surface area contributed by atoms with Crippen LogP contribution in [0.4, 0.5) is 34.4 Å².